The van der Waals surface area contributed by atoms with E-state index in [1.807, 2.05) is 6.29 Å². The van der Waals surface area contributed by atoms with Gasteiger partial charge in [0.2, 0.25) is 0 Å². The van der Waals surface area contributed by atoms with E-state index >= 15 is 0 Å². The number of carbonyl (C=O) groups excluding carboxylic acids is 1. The van der Waals surface area contributed by atoms with E-state index in [0.29, 0.717) is 6.04 Å². The predicted octanol–water partition coefficient (Wildman–Crippen LogP) is 0.434. The number of nitrogens with zero attached hydrogens (tertiary/aromatic N) is 1. The van der Waals surface area contributed by atoms with Gasteiger partial charge in [-0.3, -0.25) is 6.29 Å². The van der Waals surface area contributed by atoms with Gasteiger partial charge in [0.25, 0.3) is 0 Å². The van der Waals surface area contributed by atoms with E-state index in [-0.39, 0.29) is 25.4 Å². The topological polar surface area (TPSA) is 20.3 Å². The van der Waals surface area contributed by atoms with Crippen LogP contribution in [0.15, 0.2) is 0 Å². The van der Waals surface area contributed by atoms with Crippen LogP contribution in [0.25, 0.3) is 0 Å². The maximum absolute atomic E-state index is 10.0. The van der Waals surface area contributed by atoms with E-state index < -0.39 is 0 Å². The summed E-state index contributed by atoms with van der Waals surface area (Å²) in [7, 11) is 0. The third-order valence-corrected chi connectivity index (χ3v) is 1.81. The molecule has 0 saturated carbocycles. The first-order valence-corrected chi connectivity index (χ1v) is 3.35. The Bertz CT molecular complexity index is 110. The van der Waals surface area contributed by atoms with Gasteiger partial charge in [-0.05, 0) is 26.9 Å². The van der Waals surface area contributed by atoms with Crippen molar-refractivity contribution in [2.24, 2.45) is 5.92 Å². The van der Waals surface area contributed by atoms with E-state index in [2.05, 4.69) is 18.7 Å². The van der Waals surface area contributed by atoms with Crippen LogP contribution in [0, 0.1) is 5.92 Å². The first-order valence-electron chi connectivity index (χ1n) is 3.35. The molecule has 1 aliphatic heterocycles. The number of hydrogen-bond donors (Lipinski definition) is 0. The fourth-order valence-corrected chi connectivity index (χ4v) is 1.01. The fourth-order valence-electron chi connectivity index (χ4n) is 1.01. The van der Waals surface area contributed by atoms with Crippen LogP contribution in [0.3, 0.4) is 0 Å². The van der Waals surface area contributed by atoms with E-state index in [1.54, 1.807) is 0 Å². The molecule has 0 amide bonds. The summed E-state index contributed by atoms with van der Waals surface area (Å²) in [6.45, 7) is 6.12. The first kappa shape index (κ1) is 10.3. The van der Waals surface area contributed by atoms with Crippen molar-refractivity contribution >= 4 is 6.29 Å². The molecule has 0 N–H and O–H groups in total. The molecule has 0 unspecified atom stereocenters. The van der Waals surface area contributed by atoms with Crippen molar-refractivity contribution < 1.29 is 24.3 Å². The largest absolute Gasteiger partial charge is 2.00 e. The summed E-state index contributed by atoms with van der Waals surface area (Å²) in [5.74, 6) is 0.201. The summed E-state index contributed by atoms with van der Waals surface area (Å²) in [5.41, 5.74) is 0. The van der Waals surface area contributed by atoms with Crippen molar-refractivity contribution in [3.05, 3.63) is 0 Å². The minimum absolute atomic E-state index is 0. The molecule has 1 radical (unpaired) electrons. The van der Waals surface area contributed by atoms with Crippen LogP contribution >= 0.6 is 0 Å². The monoisotopic (exact) mass is 229 g/mol. The summed E-state index contributed by atoms with van der Waals surface area (Å²) < 4.78 is 0. The molecular weight excluding hydrogens is 217 g/mol. The van der Waals surface area contributed by atoms with Crippen molar-refractivity contribution in [1.82, 2.24) is 4.90 Å². The third-order valence-electron chi connectivity index (χ3n) is 1.81. The van der Waals surface area contributed by atoms with Crippen molar-refractivity contribution in [2.45, 2.75) is 19.9 Å². The Balaban J connectivity index is 0.000000810. The maximum Gasteiger partial charge on any atom is 2.00 e. The summed E-state index contributed by atoms with van der Waals surface area (Å²) >= 11 is 0. The van der Waals surface area contributed by atoms with Gasteiger partial charge in [-0.25, -0.2) is 0 Å². The van der Waals surface area contributed by atoms with E-state index in [9.17, 15) is 4.79 Å². The molecule has 1 fully saturated rings. The van der Waals surface area contributed by atoms with Crippen molar-refractivity contribution in [3.8, 4) is 0 Å². The maximum atomic E-state index is 10.0. The number of hydrogen-bond acceptors (Lipinski definition) is 2. The average molecular weight is 229 g/mol. The number of likely N-dealkylation sites (tertiary alicyclic amines) is 1. The molecule has 1 aliphatic rings. The molecule has 2 nitrogen and oxygen atoms in total. The Morgan fingerprint density at radius 3 is 2.30 bits per heavy atom. The molecule has 0 bridgehead atoms. The summed E-state index contributed by atoms with van der Waals surface area (Å²) in [4.78, 5) is 12.3. The quantitative estimate of drug-likeness (QED) is 0.505. The smallest absolute Gasteiger partial charge is 0.541 e. The van der Waals surface area contributed by atoms with E-state index in [0.717, 1.165) is 13.1 Å². The van der Waals surface area contributed by atoms with Crippen molar-refractivity contribution in [2.75, 3.05) is 13.1 Å². The molecule has 3 heteroatoms. The second kappa shape index (κ2) is 4.20. The van der Waals surface area contributed by atoms with Gasteiger partial charge < -0.3 is 9.69 Å². The molecule has 1 rings (SSSR count). The van der Waals surface area contributed by atoms with Gasteiger partial charge in [-0.15, -0.1) is 5.92 Å². The van der Waals surface area contributed by atoms with Gasteiger partial charge in [0.1, 0.15) is 0 Å². The molecule has 0 aromatic rings. The minimum atomic E-state index is 0. The van der Waals surface area contributed by atoms with Gasteiger partial charge in [-0.2, -0.15) is 0 Å². The summed E-state index contributed by atoms with van der Waals surface area (Å²) in [6, 6.07) is 0.592. The van der Waals surface area contributed by atoms with Gasteiger partial charge in [0, 0.05) is 6.04 Å². The predicted molar refractivity (Wildman–Crippen MR) is 35.9 cm³/mol. The van der Waals surface area contributed by atoms with Crippen LogP contribution in [-0.2, 0) is 24.3 Å². The van der Waals surface area contributed by atoms with Gasteiger partial charge >= 0.3 is 19.5 Å². The van der Waals surface area contributed by atoms with Gasteiger partial charge in [0.15, 0.2) is 0 Å². The Kier molecular flexibility index (Phi) is 4.30. The number of rotatable bonds is 2. The molecule has 1 saturated heterocycles. The first-order chi connectivity index (χ1) is 4.24. The zero-order valence-electron chi connectivity index (χ0n) is 6.26. The zero-order valence-corrected chi connectivity index (χ0v) is 7.90. The fraction of sp³-hybridized carbons (Fsp3) is 0.857. The molecule has 0 atom stereocenters. The summed E-state index contributed by atoms with van der Waals surface area (Å²) in [5, 5.41) is 0. The van der Waals surface area contributed by atoms with Crippen LogP contribution in [0.4, 0.5) is 0 Å². The van der Waals surface area contributed by atoms with Crippen LogP contribution in [-0.4, -0.2) is 30.3 Å². The van der Waals surface area contributed by atoms with Crippen LogP contribution in [0.2, 0.25) is 0 Å². The van der Waals surface area contributed by atoms with E-state index in [4.69, 9.17) is 0 Å². The normalized spacial score (nSPS) is 19.9. The average Bonchev–Trinajstić information content (AvgIpc) is 1.61. The summed E-state index contributed by atoms with van der Waals surface area (Å²) in [6.07, 6.45) is 1.99. The van der Waals surface area contributed by atoms with Crippen molar-refractivity contribution in [3.63, 3.8) is 0 Å². The van der Waals surface area contributed by atoms with E-state index in [1.165, 1.54) is 0 Å². The Morgan fingerprint density at radius 2 is 2.00 bits per heavy atom. The van der Waals surface area contributed by atoms with Gasteiger partial charge in [0.05, 0.1) is 0 Å². The molecule has 1 heterocycles. The zero-order chi connectivity index (χ0) is 6.85. The molecule has 0 aliphatic carbocycles. The van der Waals surface area contributed by atoms with Crippen LogP contribution in [0.1, 0.15) is 13.8 Å². The second-order valence-electron chi connectivity index (χ2n) is 2.86. The standard InChI is InChI=1S/C7H12NO.Rh/c1-6(2)8-3-7(4-8)5-9;/h6-7H,3-4H2,1-2H3;/q-1;+2. The molecule has 0 aromatic carbocycles. The SMILES string of the molecule is CC(C)N1CC([C-]=O)C1.[Rh+2]. The molecular formula is C7H12NORh+. The Morgan fingerprint density at radius 1 is 1.50 bits per heavy atom. The van der Waals surface area contributed by atoms with Crippen LogP contribution in [0.5, 0.6) is 0 Å². The van der Waals surface area contributed by atoms with Crippen LogP contribution < -0.4 is 0 Å². The Hall–Kier alpha value is 0.253. The van der Waals surface area contributed by atoms with Crippen molar-refractivity contribution in [1.29, 1.82) is 0 Å². The third kappa shape index (κ3) is 2.14. The van der Waals surface area contributed by atoms with Gasteiger partial charge in [-0.1, -0.05) is 0 Å². The molecule has 59 valence electrons. The minimum Gasteiger partial charge on any atom is -0.541 e. The molecule has 10 heavy (non-hydrogen) atoms. The second-order valence-corrected chi connectivity index (χ2v) is 2.86. The molecule has 0 aromatic heterocycles. The Labute approximate surface area is 74.7 Å². The molecule has 0 spiro atoms.